The van der Waals surface area contributed by atoms with Gasteiger partial charge in [0.05, 0.1) is 0 Å². The van der Waals surface area contributed by atoms with Gasteiger partial charge >= 0.3 is 0 Å². The molecule has 1 aromatic rings. The van der Waals surface area contributed by atoms with Crippen LogP contribution in [0.15, 0.2) is 10.9 Å². The topological polar surface area (TPSA) is 34.9 Å². The van der Waals surface area contributed by atoms with Crippen LogP contribution in [0.3, 0.4) is 0 Å². The van der Waals surface area contributed by atoms with Gasteiger partial charge < -0.3 is 4.57 Å². The highest BCUT2D eigenvalue weighted by atomic mass is 79.9. The molecule has 1 rings (SSSR count). The molecule has 4 heteroatoms. The number of carbonyl (C=O) groups excluding carboxylic acids is 1. The molecular weight excluding hydrogens is 196 g/mol. The third kappa shape index (κ3) is 1.26. The molecule has 10 heavy (non-hydrogen) atoms. The molecule has 1 aromatic heterocycles. The highest BCUT2D eigenvalue weighted by Gasteiger charge is 2.04. The lowest BCUT2D eigenvalue weighted by Crippen LogP contribution is -1.90. The monoisotopic (exact) mass is 202 g/mol. The van der Waals surface area contributed by atoms with Crippen molar-refractivity contribution in [3.05, 3.63) is 16.6 Å². The molecule has 0 aliphatic heterocycles. The standard InChI is InChI=1S/C6H7BrN2O/c1-4(10)5-3-9(2)6(7)8-5/h3H,1-2H3. The molecule has 0 saturated carbocycles. The molecule has 0 atom stereocenters. The van der Waals surface area contributed by atoms with Crippen molar-refractivity contribution in [2.24, 2.45) is 7.05 Å². The Morgan fingerprint density at radius 2 is 2.40 bits per heavy atom. The number of aromatic nitrogens is 2. The number of rotatable bonds is 1. The highest BCUT2D eigenvalue weighted by molar-refractivity contribution is 9.10. The largest absolute Gasteiger partial charge is 0.328 e. The van der Waals surface area contributed by atoms with E-state index in [0.717, 1.165) is 0 Å². The van der Waals surface area contributed by atoms with Gasteiger partial charge in [-0.25, -0.2) is 4.98 Å². The Labute approximate surface area is 67.2 Å². The molecule has 0 radical (unpaired) electrons. The summed E-state index contributed by atoms with van der Waals surface area (Å²) in [5.41, 5.74) is 0.495. The summed E-state index contributed by atoms with van der Waals surface area (Å²) in [6.07, 6.45) is 1.69. The van der Waals surface area contributed by atoms with Crippen molar-refractivity contribution >= 4 is 21.7 Å². The molecule has 0 aliphatic rings. The average molecular weight is 203 g/mol. The summed E-state index contributed by atoms with van der Waals surface area (Å²) in [5.74, 6) is -0.0127. The molecule has 0 spiro atoms. The van der Waals surface area contributed by atoms with E-state index >= 15 is 0 Å². The minimum atomic E-state index is -0.0127. The molecule has 54 valence electrons. The second-order valence-electron chi connectivity index (χ2n) is 2.06. The quantitative estimate of drug-likeness (QED) is 0.646. The first kappa shape index (κ1) is 7.47. The maximum atomic E-state index is 10.7. The van der Waals surface area contributed by atoms with Gasteiger partial charge in [0.2, 0.25) is 0 Å². The molecule has 3 nitrogen and oxygen atoms in total. The Kier molecular flexibility index (Phi) is 1.89. The van der Waals surface area contributed by atoms with E-state index in [1.54, 1.807) is 10.8 Å². The summed E-state index contributed by atoms with van der Waals surface area (Å²) in [7, 11) is 1.82. The zero-order valence-electron chi connectivity index (χ0n) is 5.76. The summed E-state index contributed by atoms with van der Waals surface area (Å²) in [4.78, 5) is 14.7. The van der Waals surface area contributed by atoms with E-state index in [4.69, 9.17) is 0 Å². The SMILES string of the molecule is CC(=O)c1cn(C)c(Br)n1. The van der Waals surface area contributed by atoms with Crippen molar-refractivity contribution in [1.29, 1.82) is 0 Å². The van der Waals surface area contributed by atoms with Gasteiger partial charge in [0, 0.05) is 20.2 Å². The van der Waals surface area contributed by atoms with Crippen molar-refractivity contribution in [2.45, 2.75) is 6.92 Å². The normalized spacial score (nSPS) is 9.90. The first-order valence-electron chi connectivity index (χ1n) is 2.81. The summed E-state index contributed by atoms with van der Waals surface area (Å²) in [6, 6.07) is 0. The van der Waals surface area contributed by atoms with Crippen LogP contribution in [0.4, 0.5) is 0 Å². The number of hydrogen-bond acceptors (Lipinski definition) is 2. The fourth-order valence-electron chi connectivity index (χ4n) is 0.613. The van der Waals surface area contributed by atoms with E-state index < -0.39 is 0 Å². The zero-order valence-corrected chi connectivity index (χ0v) is 7.34. The van der Waals surface area contributed by atoms with E-state index in [-0.39, 0.29) is 5.78 Å². The van der Waals surface area contributed by atoms with Gasteiger partial charge in [-0.05, 0) is 15.9 Å². The number of carbonyl (C=O) groups is 1. The molecule has 0 fully saturated rings. The van der Waals surface area contributed by atoms with Crippen LogP contribution in [-0.2, 0) is 7.05 Å². The lowest BCUT2D eigenvalue weighted by Gasteiger charge is -1.85. The molecule has 0 aliphatic carbocycles. The zero-order chi connectivity index (χ0) is 7.72. The summed E-state index contributed by atoms with van der Waals surface area (Å²) in [5, 5.41) is 0. The first-order chi connectivity index (χ1) is 4.61. The van der Waals surface area contributed by atoms with Crippen molar-refractivity contribution in [2.75, 3.05) is 0 Å². The molecule has 0 bridgehead atoms. The Balaban J connectivity index is 3.10. The van der Waals surface area contributed by atoms with Gasteiger partial charge in [-0.1, -0.05) is 0 Å². The lowest BCUT2D eigenvalue weighted by molar-refractivity contribution is 0.101. The van der Waals surface area contributed by atoms with Gasteiger partial charge in [0.1, 0.15) is 5.69 Å². The van der Waals surface area contributed by atoms with Crippen LogP contribution < -0.4 is 0 Å². The molecule has 0 unspecified atom stereocenters. The van der Waals surface area contributed by atoms with Gasteiger partial charge in [0.15, 0.2) is 10.5 Å². The number of hydrogen-bond donors (Lipinski definition) is 0. The van der Waals surface area contributed by atoms with E-state index in [2.05, 4.69) is 20.9 Å². The number of nitrogens with zero attached hydrogens (tertiary/aromatic N) is 2. The van der Waals surface area contributed by atoms with Gasteiger partial charge in [-0.3, -0.25) is 4.79 Å². The molecule has 0 amide bonds. The third-order valence-corrected chi connectivity index (χ3v) is 1.92. The fourth-order valence-corrected chi connectivity index (χ4v) is 0.907. The Morgan fingerprint density at radius 1 is 1.80 bits per heavy atom. The van der Waals surface area contributed by atoms with E-state index in [1.165, 1.54) is 6.92 Å². The summed E-state index contributed by atoms with van der Waals surface area (Å²) in [6.45, 7) is 1.49. The van der Waals surface area contributed by atoms with Gasteiger partial charge in [0.25, 0.3) is 0 Å². The predicted octanol–water partition coefficient (Wildman–Crippen LogP) is 1.39. The molecule has 0 N–H and O–H groups in total. The fraction of sp³-hybridized carbons (Fsp3) is 0.333. The van der Waals surface area contributed by atoms with Crippen LogP contribution in [0.25, 0.3) is 0 Å². The van der Waals surface area contributed by atoms with Crippen LogP contribution in [0.5, 0.6) is 0 Å². The van der Waals surface area contributed by atoms with Crippen LogP contribution in [-0.4, -0.2) is 15.3 Å². The second-order valence-corrected chi connectivity index (χ2v) is 2.77. The summed E-state index contributed by atoms with van der Waals surface area (Å²) >= 11 is 3.18. The molecule has 0 saturated heterocycles. The number of Topliss-reactive ketones (excluding diaryl/α,β-unsaturated/α-hetero) is 1. The minimum absolute atomic E-state index is 0.0127. The maximum absolute atomic E-state index is 10.7. The lowest BCUT2D eigenvalue weighted by atomic mass is 10.3. The Morgan fingerprint density at radius 3 is 2.60 bits per heavy atom. The number of ketones is 1. The van der Waals surface area contributed by atoms with Crippen molar-refractivity contribution in [1.82, 2.24) is 9.55 Å². The molecule has 0 aromatic carbocycles. The van der Waals surface area contributed by atoms with Crippen LogP contribution in [0, 0.1) is 0 Å². The van der Waals surface area contributed by atoms with Gasteiger partial charge in [-0.2, -0.15) is 0 Å². The molecule has 1 heterocycles. The number of halogens is 1. The smallest absolute Gasteiger partial charge is 0.179 e. The third-order valence-electron chi connectivity index (χ3n) is 1.18. The van der Waals surface area contributed by atoms with Crippen molar-refractivity contribution in [3.8, 4) is 0 Å². The molecular formula is C6H7BrN2O. The maximum Gasteiger partial charge on any atom is 0.179 e. The Hall–Kier alpha value is -0.640. The van der Waals surface area contributed by atoms with Gasteiger partial charge in [-0.15, -0.1) is 0 Å². The predicted molar refractivity (Wildman–Crippen MR) is 40.9 cm³/mol. The van der Waals surface area contributed by atoms with E-state index in [0.29, 0.717) is 10.4 Å². The van der Waals surface area contributed by atoms with Crippen molar-refractivity contribution < 1.29 is 4.79 Å². The second kappa shape index (κ2) is 2.54. The van der Waals surface area contributed by atoms with E-state index in [9.17, 15) is 4.79 Å². The van der Waals surface area contributed by atoms with Crippen molar-refractivity contribution in [3.63, 3.8) is 0 Å². The van der Waals surface area contributed by atoms with Crippen LogP contribution in [0.1, 0.15) is 17.4 Å². The highest BCUT2D eigenvalue weighted by Crippen LogP contribution is 2.07. The number of imidazole rings is 1. The minimum Gasteiger partial charge on any atom is -0.328 e. The van der Waals surface area contributed by atoms with Crippen LogP contribution in [0.2, 0.25) is 0 Å². The Bertz CT molecular complexity index is 247. The number of aryl methyl sites for hydroxylation is 1. The average Bonchev–Trinajstić information content (AvgIpc) is 2.13. The first-order valence-corrected chi connectivity index (χ1v) is 3.60. The van der Waals surface area contributed by atoms with Crippen LogP contribution >= 0.6 is 15.9 Å². The van der Waals surface area contributed by atoms with E-state index in [1.807, 2.05) is 7.05 Å². The summed E-state index contributed by atoms with van der Waals surface area (Å²) < 4.78 is 2.43.